The van der Waals surface area contributed by atoms with Crippen LogP contribution in [-0.2, 0) is 16.6 Å². The van der Waals surface area contributed by atoms with Gasteiger partial charge in [0, 0.05) is 18.9 Å². The summed E-state index contributed by atoms with van der Waals surface area (Å²) in [5.41, 5.74) is 0.864. The molecule has 1 amide bonds. The molecule has 0 radical (unpaired) electrons. The molecule has 1 aromatic rings. The van der Waals surface area contributed by atoms with E-state index in [1.165, 1.54) is 6.92 Å². The SMILES string of the molecule is CC(C(=O)O)N1C(=O)/C(=C\c2cccn2C)SC1=S. The first-order valence-electron chi connectivity index (χ1n) is 5.53. The number of nitrogens with zero attached hydrogens (tertiary/aromatic N) is 2. The molecule has 7 heteroatoms. The highest BCUT2D eigenvalue weighted by molar-refractivity contribution is 8.26. The van der Waals surface area contributed by atoms with Crippen molar-refractivity contribution in [2.24, 2.45) is 7.05 Å². The van der Waals surface area contributed by atoms with Gasteiger partial charge in [0.15, 0.2) is 0 Å². The van der Waals surface area contributed by atoms with Crippen LogP contribution >= 0.6 is 24.0 Å². The van der Waals surface area contributed by atoms with Crippen molar-refractivity contribution in [2.45, 2.75) is 13.0 Å². The lowest BCUT2D eigenvalue weighted by atomic mass is 10.3. The maximum Gasteiger partial charge on any atom is 0.326 e. The first kappa shape index (κ1) is 13.8. The molecule has 0 aromatic carbocycles. The van der Waals surface area contributed by atoms with Crippen molar-refractivity contribution in [1.29, 1.82) is 0 Å². The number of carbonyl (C=O) groups is 2. The number of thiocarbonyl (C=S) groups is 1. The molecule has 2 rings (SSSR count). The van der Waals surface area contributed by atoms with E-state index in [4.69, 9.17) is 17.3 Å². The Hall–Kier alpha value is -1.60. The standard InChI is InChI=1S/C12H12N2O3S2/c1-7(11(16)17)14-10(15)9(19-12(14)18)6-8-4-3-5-13(8)2/h3-7H,1-2H3,(H,16,17)/b9-6+. The second kappa shape index (κ2) is 5.18. The zero-order chi connectivity index (χ0) is 14.2. The van der Waals surface area contributed by atoms with E-state index in [0.717, 1.165) is 22.4 Å². The number of hydrogen-bond donors (Lipinski definition) is 1. The molecule has 1 atom stereocenters. The number of aryl methyl sites for hydroxylation is 1. The Morgan fingerprint density at radius 2 is 2.26 bits per heavy atom. The van der Waals surface area contributed by atoms with Crippen molar-refractivity contribution in [3.63, 3.8) is 0 Å². The summed E-state index contributed by atoms with van der Waals surface area (Å²) in [7, 11) is 1.87. The summed E-state index contributed by atoms with van der Waals surface area (Å²) in [5, 5.41) is 8.98. The normalized spacial score (nSPS) is 19.3. The molecule has 0 saturated carbocycles. The molecule has 1 N–H and O–H groups in total. The number of aromatic nitrogens is 1. The summed E-state index contributed by atoms with van der Waals surface area (Å²) in [6.07, 6.45) is 3.58. The van der Waals surface area contributed by atoms with Gasteiger partial charge in [0.1, 0.15) is 10.4 Å². The lowest BCUT2D eigenvalue weighted by Crippen LogP contribution is -2.41. The van der Waals surface area contributed by atoms with E-state index in [1.54, 1.807) is 6.08 Å². The third kappa shape index (κ3) is 2.57. The molecule has 19 heavy (non-hydrogen) atoms. The number of amides is 1. The highest BCUT2D eigenvalue weighted by atomic mass is 32.2. The molecule has 100 valence electrons. The molecule has 1 unspecified atom stereocenters. The minimum atomic E-state index is -1.07. The van der Waals surface area contributed by atoms with Crippen LogP contribution in [0.4, 0.5) is 0 Å². The molecule has 1 fully saturated rings. The second-order valence-corrected chi connectivity index (χ2v) is 5.79. The van der Waals surface area contributed by atoms with Crippen molar-refractivity contribution in [3.8, 4) is 0 Å². The Morgan fingerprint density at radius 3 is 2.79 bits per heavy atom. The van der Waals surface area contributed by atoms with Gasteiger partial charge in [0.05, 0.1) is 4.91 Å². The predicted molar refractivity (Wildman–Crippen MR) is 77.5 cm³/mol. The lowest BCUT2D eigenvalue weighted by Gasteiger charge is -2.18. The molecular weight excluding hydrogens is 284 g/mol. The topological polar surface area (TPSA) is 62.5 Å². The largest absolute Gasteiger partial charge is 0.480 e. The number of carbonyl (C=O) groups excluding carboxylic acids is 1. The van der Waals surface area contributed by atoms with Gasteiger partial charge in [0.2, 0.25) is 0 Å². The van der Waals surface area contributed by atoms with Gasteiger partial charge in [-0.3, -0.25) is 9.69 Å². The first-order chi connectivity index (χ1) is 8.91. The Morgan fingerprint density at radius 1 is 1.58 bits per heavy atom. The molecule has 1 aliphatic heterocycles. The van der Waals surface area contributed by atoms with Crippen LogP contribution in [0.3, 0.4) is 0 Å². The number of rotatable bonds is 3. The quantitative estimate of drug-likeness (QED) is 0.679. The van der Waals surface area contributed by atoms with Crippen LogP contribution in [0.25, 0.3) is 6.08 Å². The molecule has 1 aromatic heterocycles. The summed E-state index contributed by atoms with van der Waals surface area (Å²) in [6, 6.07) is 2.78. The smallest absolute Gasteiger partial charge is 0.326 e. The fourth-order valence-electron chi connectivity index (χ4n) is 1.68. The van der Waals surface area contributed by atoms with Crippen LogP contribution in [0.2, 0.25) is 0 Å². The summed E-state index contributed by atoms with van der Waals surface area (Å²) >= 11 is 6.20. The second-order valence-electron chi connectivity index (χ2n) is 4.11. The first-order valence-corrected chi connectivity index (χ1v) is 6.75. The van der Waals surface area contributed by atoms with Crippen molar-refractivity contribution in [2.75, 3.05) is 0 Å². The monoisotopic (exact) mass is 296 g/mol. The van der Waals surface area contributed by atoms with E-state index < -0.39 is 12.0 Å². The van der Waals surface area contributed by atoms with E-state index >= 15 is 0 Å². The predicted octanol–water partition coefficient (Wildman–Crippen LogP) is 1.70. The van der Waals surface area contributed by atoms with Crippen LogP contribution in [0, 0.1) is 0 Å². The fraction of sp³-hybridized carbons (Fsp3) is 0.250. The molecule has 5 nitrogen and oxygen atoms in total. The lowest BCUT2D eigenvalue weighted by molar-refractivity contribution is -0.144. The summed E-state index contributed by atoms with van der Waals surface area (Å²) in [6.45, 7) is 1.44. The molecule has 2 heterocycles. The zero-order valence-electron chi connectivity index (χ0n) is 10.4. The van der Waals surface area contributed by atoms with Crippen LogP contribution in [0.5, 0.6) is 0 Å². The van der Waals surface area contributed by atoms with Gasteiger partial charge in [-0.25, -0.2) is 4.79 Å². The maximum absolute atomic E-state index is 12.2. The number of thioether (sulfide) groups is 1. The number of carboxylic acid groups (broad SMARTS) is 1. The van der Waals surface area contributed by atoms with Crippen molar-refractivity contribution < 1.29 is 14.7 Å². The van der Waals surface area contributed by atoms with Gasteiger partial charge in [0.25, 0.3) is 5.91 Å². The van der Waals surface area contributed by atoms with Gasteiger partial charge in [-0.2, -0.15) is 0 Å². The average molecular weight is 296 g/mol. The highest BCUT2D eigenvalue weighted by Gasteiger charge is 2.38. The van der Waals surface area contributed by atoms with Crippen LogP contribution in [-0.4, -0.2) is 36.8 Å². The Labute approximate surface area is 119 Å². The Balaban J connectivity index is 2.31. The van der Waals surface area contributed by atoms with Crippen LogP contribution in [0.1, 0.15) is 12.6 Å². The molecule has 1 aliphatic rings. The van der Waals surface area contributed by atoms with Crippen molar-refractivity contribution in [1.82, 2.24) is 9.47 Å². The summed E-state index contributed by atoms with van der Waals surface area (Å²) < 4.78 is 2.15. The minimum absolute atomic E-state index is 0.278. The maximum atomic E-state index is 12.2. The number of carboxylic acids is 1. The van der Waals surface area contributed by atoms with Crippen molar-refractivity contribution >= 4 is 46.3 Å². The van der Waals surface area contributed by atoms with E-state index in [0.29, 0.717) is 4.91 Å². The van der Waals surface area contributed by atoms with Gasteiger partial charge in [-0.1, -0.05) is 24.0 Å². The van der Waals surface area contributed by atoms with Gasteiger partial charge >= 0.3 is 5.97 Å². The van der Waals surface area contributed by atoms with E-state index in [2.05, 4.69) is 0 Å². The highest BCUT2D eigenvalue weighted by Crippen LogP contribution is 2.33. The zero-order valence-corrected chi connectivity index (χ0v) is 12.0. The van der Waals surface area contributed by atoms with E-state index in [9.17, 15) is 9.59 Å². The van der Waals surface area contributed by atoms with Crippen LogP contribution in [0.15, 0.2) is 23.2 Å². The van der Waals surface area contributed by atoms with E-state index in [-0.39, 0.29) is 10.2 Å². The number of aliphatic carboxylic acids is 1. The Bertz CT molecular complexity index is 592. The van der Waals surface area contributed by atoms with Crippen LogP contribution < -0.4 is 0 Å². The molecule has 1 saturated heterocycles. The van der Waals surface area contributed by atoms with Gasteiger partial charge in [-0.05, 0) is 25.1 Å². The van der Waals surface area contributed by atoms with Gasteiger partial charge < -0.3 is 9.67 Å². The number of hydrogen-bond acceptors (Lipinski definition) is 4. The molecule has 0 aliphatic carbocycles. The molecule has 0 spiro atoms. The summed E-state index contributed by atoms with van der Waals surface area (Å²) in [5.74, 6) is -1.43. The third-order valence-corrected chi connectivity index (χ3v) is 4.16. The average Bonchev–Trinajstić information content (AvgIpc) is 2.85. The molecular formula is C12H12N2O3S2. The minimum Gasteiger partial charge on any atom is -0.480 e. The molecule has 0 bridgehead atoms. The Kier molecular flexibility index (Phi) is 3.77. The van der Waals surface area contributed by atoms with Gasteiger partial charge in [-0.15, -0.1) is 0 Å². The summed E-state index contributed by atoms with van der Waals surface area (Å²) in [4.78, 5) is 24.7. The fourth-order valence-corrected chi connectivity index (χ4v) is 3.09. The van der Waals surface area contributed by atoms with Crippen molar-refractivity contribution in [3.05, 3.63) is 28.9 Å². The third-order valence-electron chi connectivity index (χ3n) is 2.83. The van der Waals surface area contributed by atoms with E-state index in [1.807, 2.05) is 29.9 Å².